The number of amides is 1. The van der Waals surface area contributed by atoms with E-state index in [2.05, 4.69) is 10.3 Å². The Balaban J connectivity index is 1.37. The zero-order chi connectivity index (χ0) is 16.9. The predicted octanol–water partition coefficient (Wildman–Crippen LogP) is 3.63. The highest BCUT2D eigenvalue weighted by Gasteiger charge is 2.44. The van der Waals surface area contributed by atoms with E-state index in [9.17, 15) is 4.79 Å². The van der Waals surface area contributed by atoms with Gasteiger partial charge in [0.05, 0.1) is 0 Å². The molecule has 2 aliphatic rings. The van der Waals surface area contributed by atoms with Gasteiger partial charge in [-0.15, -0.1) is 0 Å². The van der Waals surface area contributed by atoms with Crippen LogP contribution >= 0.6 is 0 Å². The van der Waals surface area contributed by atoms with Crippen molar-refractivity contribution in [3.63, 3.8) is 0 Å². The first-order chi connectivity index (χ1) is 12.2. The highest BCUT2D eigenvalue weighted by Crippen LogP contribution is 2.47. The number of nitrogens with one attached hydrogen (secondary N) is 1. The van der Waals surface area contributed by atoms with Gasteiger partial charge < -0.3 is 19.2 Å². The SMILES string of the molecule is O=C(Nc1ccc2c(c1)OC1(CCCC1)O2)c1cn2ccccc2n1. The van der Waals surface area contributed by atoms with Crippen molar-refractivity contribution in [3.8, 4) is 11.5 Å². The Labute approximate surface area is 144 Å². The molecule has 1 N–H and O–H groups in total. The molecular formula is C19H17N3O3. The van der Waals surface area contributed by atoms with Crippen LogP contribution in [0.5, 0.6) is 11.5 Å². The summed E-state index contributed by atoms with van der Waals surface area (Å²) in [6, 6.07) is 11.1. The van der Waals surface area contributed by atoms with Crippen molar-refractivity contribution in [1.82, 2.24) is 9.38 Å². The molecule has 1 spiro atoms. The number of imidazole rings is 1. The van der Waals surface area contributed by atoms with E-state index in [0.29, 0.717) is 17.1 Å². The number of carbonyl (C=O) groups excluding carboxylic acids is 1. The molecule has 0 unspecified atom stereocenters. The molecule has 3 heterocycles. The average Bonchev–Trinajstić information content (AvgIpc) is 3.32. The van der Waals surface area contributed by atoms with Gasteiger partial charge in [-0.2, -0.15) is 0 Å². The zero-order valence-electron chi connectivity index (χ0n) is 13.6. The number of hydrogen-bond acceptors (Lipinski definition) is 4. The number of hydrogen-bond donors (Lipinski definition) is 1. The van der Waals surface area contributed by atoms with E-state index in [1.807, 2.05) is 47.0 Å². The summed E-state index contributed by atoms with van der Waals surface area (Å²) in [5.74, 6) is 0.688. The molecule has 1 aromatic carbocycles. The topological polar surface area (TPSA) is 64.9 Å². The summed E-state index contributed by atoms with van der Waals surface area (Å²) in [4.78, 5) is 16.8. The molecule has 1 fully saturated rings. The quantitative estimate of drug-likeness (QED) is 0.777. The van der Waals surface area contributed by atoms with Crippen LogP contribution in [0.2, 0.25) is 0 Å². The Morgan fingerprint density at radius 1 is 1.12 bits per heavy atom. The van der Waals surface area contributed by atoms with Crippen LogP contribution in [-0.2, 0) is 0 Å². The fourth-order valence-corrected chi connectivity index (χ4v) is 3.53. The van der Waals surface area contributed by atoms with Gasteiger partial charge in [-0.1, -0.05) is 6.07 Å². The zero-order valence-corrected chi connectivity index (χ0v) is 13.6. The monoisotopic (exact) mass is 335 g/mol. The van der Waals surface area contributed by atoms with Crippen molar-refractivity contribution in [2.24, 2.45) is 0 Å². The third-order valence-electron chi connectivity index (χ3n) is 4.76. The second-order valence-electron chi connectivity index (χ2n) is 6.53. The number of rotatable bonds is 2. The van der Waals surface area contributed by atoms with Gasteiger partial charge in [-0.25, -0.2) is 4.98 Å². The van der Waals surface area contributed by atoms with Crippen LogP contribution in [0.3, 0.4) is 0 Å². The molecular weight excluding hydrogens is 318 g/mol. The summed E-state index contributed by atoms with van der Waals surface area (Å²) in [6.45, 7) is 0. The van der Waals surface area contributed by atoms with Gasteiger partial charge in [-0.3, -0.25) is 4.79 Å². The number of pyridine rings is 1. The molecule has 5 rings (SSSR count). The summed E-state index contributed by atoms with van der Waals surface area (Å²) in [6.07, 6.45) is 7.62. The van der Waals surface area contributed by atoms with Crippen molar-refractivity contribution in [2.75, 3.05) is 5.32 Å². The van der Waals surface area contributed by atoms with Crippen molar-refractivity contribution in [2.45, 2.75) is 31.5 Å². The Bertz CT molecular complexity index is 940. The molecule has 0 radical (unpaired) electrons. The first-order valence-electron chi connectivity index (χ1n) is 8.48. The molecule has 6 nitrogen and oxygen atoms in total. The number of aromatic nitrogens is 2. The summed E-state index contributed by atoms with van der Waals surface area (Å²) in [5, 5.41) is 2.88. The number of carbonyl (C=O) groups is 1. The Morgan fingerprint density at radius 2 is 1.96 bits per heavy atom. The number of nitrogens with zero attached hydrogens (tertiary/aromatic N) is 2. The molecule has 1 saturated carbocycles. The van der Waals surface area contributed by atoms with Gasteiger partial charge in [0, 0.05) is 37.0 Å². The average molecular weight is 335 g/mol. The van der Waals surface area contributed by atoms with Crippen LogP contribution in [0.25, 0.3) is 5.65 Å². The summed E-state index contributed by atoms with van der Waals surface area (Å²) in [7, 11) is 0. The normalized spacial score (nSPS) is 17.3. The third kappa shape index (κ3) is 2.41. The number of benzene rings is 1. The first kappa shape index (κ1) is 14.3. The lowest BCUT2D eigenvalue weighted by Gasteiger charge is -2.21. The van der Waals surface area contributed by atoms with Crippen LogP contribution in [0.4, 0.5) is 5.69 Å². The van der Waals surface area contributed by atoms with E-state index < -0.39 is 5.79 Å². The molecule has 6 heteroatoms. The molecule has 1 aliphatic heterocycles. The number of anilines is 1. The van der Waals surface area contributed by atoms with E-state index in [-0.39, 0.29) is 5.91 Å². The van der Waals surface area contributed by atoms with E-state index in [0.717, 1.165) is 37.1 Å². The highest BCUT2D eigenvalue weighted by molar-refractivity contribution is 6.03. The van der Waals surface area contributed by atoms with Crippen molar-refractivity contribution in [3.05, 3.63) is 54.5 Å². The van der Waals surface area contributed by atoms with Crippen molar-refractivity contribution in [1.29, 1.82) is 0 Å². The Hall–Kier alpha value is -3.02. The standard InChI is InChI=1S/C19H17N3O3/c23-18(14-12-22-10-4-1-5-17(22)21-14)20-13-6-7-15-16(11-13)25-19(24-15)8-2-3-9-19/h1,4-7,10-12H,2-3,8-9H2,(H,20,23). The lowest BCUT2D eigenvalue weighted by molar-refractivity contribution is -0.0716. The van der Waals surface area contributed by atoms with Gasteiger partial charge in [0.25, 0.3) is 11.7 Å². The molecule has 1 aliphatic carbocycles. The smallest absolute Gasteiger partial charge is 0.275 e. The maximum absolute atomic E-state index is 12.5. The minimum Gasteiger partial charge on any atom is -0.448 e. The van der Waals surface area contributed by atoms with E-state index in [4.69, 9.17) is 9.47 Å². The van der Waals surface area contributed by atoms with Gasteiger partial charge >= 0.3 is 0 Å². The minimum absolute atomic E-state index is 0.252. The van der Waals surface area contributed by atoms with E-state index in [1.165, 1.54) is 0 Å². The lowest BCUT2D eigenvalue weighted by atomic mass is 10.2. The van der Waals surface area contributed by atoms with Gasteiger partial charge in [0.2, 0.25) is 0 Å². The first-order valence-corrected chi connectivity index (χ1v) is 8.48. The Morgan fingerprint density at radius 3 is 2.80 bits per heavy atom. The molecule has 126 valence electrons. The molecule has 25 heavy (non-hydrogen) atoms. The van der Waals surface area contributed by atoms with Gasteiger partial charge in [0.15, 0.2) is 11.5 Å². The third-order valence-corrected chi connectivity index (χ3v) is 4.76. The molecule has 3 aromatic rings. The number of fused-ring (bicyclic) bond motifs is 2. The van der Waals surface area contributed by atoms with Crippen molar-refractivity contribution < 1.29 is 14.3 Å². The fourth-order valence-electron chi connectivity index (χ4n) is 3.53. The van der Waals surface area contributed by atoms with Crippen LogP contribution < -0.4 is 14.8 Å². The summed E-state index contributed by atoms with van der Waals surface area (Å²) < 4.78 is 13.8. The second-order valence-corrected chi connectivity index (χ2v) is 6.53. The second kappa shape index (κ2) is 5.24. The fraction of sp³-hybridized carbons (Fsp3) is 0.263. The van der Waals surface area contributed by atoms with Gasteiger partial charge in [0.1, 0.15) is 11.3 Å². The molecule has 2 aromatic heterocycles. The van der Waals surface area contributed by atoms with Crippen LogP contribution in [0.15, 0.2) is 48.8 Å². The van der Waals surface area contributed by atoms with E-state index in [1.54, 1.807) is 6.20 Å². The minimum atomic E-state index is -0.493. The van der Waals surface area contributed by atoms with Gasteiger partial charge in [-0.05, 0) is 37.1 Å². The molecule has 0 atom stereocenters. The Kier molecular flexibility index (Phi) is 3.00. The predicted molar refractivity (Wildman–Crippen MR) is 92.0 cm³/mol. The molecule has 1 amide bonds. The maximum Gasteiger partial charge on any atom is 0.275 e. The lowest BCUT2D eigenvalue weighted by Crippen LogP contribution is -2.34. The largest absolute Gasteiger partial charge is 0.448 e. The maximum atomic E-state index is 12.5. The van der Waals surface area contributed by atoms with Crippen LogP contribution in [0, 0.1) is 0 Å². The molecule has 0 saturated heterocycles. The van der Waals surface area contributed by atoms with Crippen molar-refractivity contribution >= 4 is 17.2 Å². The number of ether oxygens (including phenoxy) is 2. The summed E-state index contributed by atoms with van der Waals surface area (Å²) >= 11 is 0. The van der Waals surface area contributed by atoms with Crippen LogP contribution in [0.1, 0.15) is 36.2 Å². The van der Waals surface area contributed by atoms with E-state index >= 15 is 0 Å². The molecule has 0 bridgehead atoms. The highest BCUT2D eigenvalue weighted by atomic mass is 16.7. The van der Waals surface area contributed by atoms with Crippen LogP contribution in [-0.4, -0.2) is 21.1 Å². The summed E-state index contributed by atoms with van der Waals surface area (Å²) in [5.41, 5.74) is 1.78.